The molecule has 3 rings (SSSR count). The molecule has 3 heteroatoms. The van der Waals surface area contributed by atoms with Crippen LogP contribution in [0.25, 0.3) is 22.5 Å². The molecule has 194 valence electrons. The lowest BCUT2D eigenvalue weighted by Gasteiger charge is -2.07. The van der Waals surface area contributed by atoms with Gasteiger partial charge in [-0.25, -0.2) is 9.97 Å². The Bertz CT molecular complexity index is 1270. The standard InChI is InChI=1S/C35H38N2O/c1-3-5-7-9-10-11-12-13-15-17-27-38-34-28-36-35(37-29-34)33-25-23-32(24-26-33)31-21-19-30(20-22-31)18-16-14-8-6-4-2/h19-26,28-29H,3,5,7,9-13,15,17,27H2,1-2H3. The first kappa shape index (κ1) is 28.6. The predicted molar refractivity (Wildman–Crippen MR) is 158 cm³/mol. The first-order valence-electron chi connectivity index (χ1n) is 13.9. The molecule has 0 bridgehead atoms. The van der Waals surface area contributed by atoms with E-state index in [1.807, 2.05) is 24.3 Å². The number of aromatic nitrogens is 2. The van der Waals surface area contributed by atoms with Crippen molar-refractivity contribution in [3.8, 4) is 63.8 Å². The van der Waals surface area contributed by atoms with E-state index in [-0.39, 0.29) is 0 Å². The van der Waals surface area contributed by atoms with E-state index in [1.54, 1.807) is 19.3 Å². The van der Waals surface area contributed by atoms with Gasteiger partial charge in [-0.15, -0.1) is 0 Å². The molecule has 3 nitrogen and oxygen atoms in total. The third kappa shape index (κ3) is 10.5. The third-order valence-corrected chi connectivity index (χ3v) is 6.28. The number of nitrogens with zero attached hydrogens (tertiary/aromatic N) is 2. The number of ether oxygens (including phenoxy) is 1. The quantitative estimate of drug-likeness (QED) is 0.164. The minimum absolute atomic E-state index is 0.697. The molecule has 0 saturated carbocycles. The molecule has 0 amide bonds. The number of benzene rings is 2. The molecule has 2 aromatic carbocycles. The highest BCUT2D eigenvalue weighted by Gasteiger charge is 2.04. The van der Waals surface area contributed by atoms with E-state index < -0.39 is 0 Å². The van der Waals surface area contributed by atoms with Gasteiger partial charge in [-0.05, 0) is 60.3 Å². The highest BCUT2D eigenvalue weighted by Crippen LogP contribution is 2.24. The second kappa shape index (κ2) is 17.5. The van der Waals surface area contributed by atoms with E-state index >= 15 is 0 Å². The predicted octanol–water partition coefficient (Wildman–Crippen LogP) is 8.49. The zero-order valence-electron chi connectivity index (χ0n) is 22.9. The normalized spacial score (nSPS) is 9.84. The van der Waals surface area contributed by atoms with Gasteiger partial charge in [-0.3, -0.25) is 0 Å². The summed E-state index contributed by atoms with van der Waals surface area (Å²) >= 11 is 0. The van der Waals surface area contributed by atoms with Crippen molar-refractivity contribution in [2.24, 2.45) is 0 Å². The molecule has 0 spiro atoms. The number of hydrogen-bond donors (Lipinski definition) is 0. The maximum absolute atomic E-state index is 5.85. The number of hydrogen-bond acceptors (Lipinski definition) is 3. The second-order valence-electron chi connectivity index (χ2n) is 9.30. The van der Waals surface area contributed by atoms with E-state index in [4.69, 9.17) is 4.74 Å². The van der Waals surface area contributed by atoms with Crippen molar-refractivity contribution < 1.29 is 4.74 Å². The largest absolute Gasteiger partial charge is 0.490 e. The summed E-state index contributed by atoms with van der Waals surface area (Å²) < 4.78 is 5.85. The molecular formula is C35H38N2O. The van der Waals surface area contributed by atoms with Gasteiger partial charge in [0.25, 0.3) is 0 Å². The van der Waals surface area contributed by atoms with Crippen molar-refractivity contribution in [1.29, 1.82) is 0 Å². The minimum atomic E-state index is 0.697. The highest BCUT2D eigenvalue weighted by molar-refractivity contribution is 5.68. The molecule has 0 aliphatic carbocycles. The molecule has 0 unspecified atom stereocenters. The Morgan fingerprint density at radius 1 is 0.605 bits per heavy atom. The molecule has 1 heterocycles. The van der Waals surface area contributed by atoms with E-state index in [2.05, 4.69) is 76.7 Å². The first-order chi connectivity index (χ1) is 18.8. The molecule has 0 aliphatic rings. The van der Waals surface area contributed by atoms with Gasteiger partial charge in [-0.1, -0.05) is 113 Å². The summed E-state index contributed by atoms with van der Waals surface area (Å²) in [5.41, 5.74) is 4.16. The van der Waals surface area contributed by atoms with Crippen LogP contribution in [0.4, 0.5) is 0 Å². The lowest BCUT2D eigenvalue weighted by molar-refractivity contribution is 0.302. The fourth-order valence-corrected chi connectivity index (χ4v) is 4.11. The Morgan fingerprint density at radius 2 is 1.13 bits per heavy atom. The Kier molecular flexibility index (Phi) is 13.1. The average molecular weight is 503 g/mol. The summed E-state index contributed by atoms with van der Waals surface area (Å²) in [4.78, 5) is 9.02. The Morgan fingerprint density at radius 3 is 1.74 bits per heavy atom. The Balaban J connectivity index is 1.40. The monoisotopic (exact) mass is 502 g/mol. The van der Waals surface area contributed by atoms with E-state index in [1.165, 1.54) is 57.8 Å². The lowest BCUT2D eigenvalue weighted by atomic mass is 10.0. The zero-order valence-corrected chi connectivity index (χ0v) is 22.9. The lowest BCUT2D eigenvalue weighted by Crippen LogP contribution is -1.99. The van der Waals surface area contributed by atoms with Crippen LogP contribution in [0.1, 0.15) is 83.6 Å². The van der Waals surface area contributed by atoms with Crippen LogP contribution in [0.15, 0.2) is 60.9 Å². The summed E-state index contributed by atoms with van der Waals surface area (Å²) in [6.07, 6.45) is 16.7. The summed E-state index contributed by atoms with van der Waals surface area (Å²) in [6.45, 7) is 4.75. The minimum Gasteiger partial charge on any atom is -0.490 e. The van der Waals surface area contributed by atoms with E-state index in [9.17, 15) is 0 Å². The third-order valence-electron chi connectivity index (χ3n) is 6.28. The van der Waals surface area contributed by atoms with Gasteiger partial charge in [0.15, 0.2) is 11.6 Å². The van der Waals surface area contributed by atoms with Gasteiger partial charge in [0.2, 0.25) is 0 Å². The number of rotatable bonds is 14. The van der Waals surface area contributed by atoms with Crippen LogP contribution in [0.3, 0.4) is 0 Å². The van der Waals surface area contributed by atoms with Crippen LogP contribution in [-0.2, 0) is 0 Å². The van der Waals surface area contributed by atoms with Crippen molar-refractivity contribution in [3.05, 3.63) is 66.5 Å². The first-order valence-corrected chi connectivity index (χ1v) is 13.9. The molecule has 3 aromatic rings. The summed E-state index contributed by atoms with van der Waals surface area (Å²) in [5.74, 6) is 18.1. The van der Waals surface area contributed by atoms with Crippen LogP contribution >= 0.6 is 0 Å². The molecular weight excluding hydrogens is 464 g/mol. The van der Waals surface area contributed by atoms with Crippen LogP contribution in [-0.4, -0.2) is 16.6 Å². The van der Waals surface area contributed by atoms with Crippen LogP contribution in [0.2, 0.25) is 0 Å². The molecule has 0 atom stereocenters. The van der Waals surface area contributed by atoms with Gasteiger partial charge >= 0.3 is 0 Å². The maximum Gasteiger partial charge on any atom is 0.159 e. The van der Waals surface area contributed by atoms with E-state index in [0.29, 0.717) is 5.82 Å². The molecule has 1 aromatic heterocycles. The summed E-state index contributed by atoms with van der Waals surface area (Å²) in [7, 11) is 0. The fraction of sp³-hybridized carbons (Fsp3) is 0.371. The molecule has 0 saturated heterocycles. The molecule has 38 heavy (non-hydrogen) atoms. The zero-order chi connectivity index (χ0) is 26.7. The topological polar surface area (TPSA) is 35.0 Å². The van der Waals surface area contributed by atoms with Crippen molar-refractivity contribution in [3.63, 3.8) is 0 Å². The van der Waals surface area contributed by atoms with Crippen molar-refractivity contribution in [2.75, 3.05) is 6.61 Å². The molecule has 0 N–H and O–H groups in total. The van der Waals surface area contributed by atoms with Gasteiger partial charge in [-0.2, -0.15) is 0 Å². The van der Waals surface area contributed by atoms with Gasteiger partial charge in [0.1, 0.15) is 0 Å². The van der Waals surface area contributed by atoms with Crippen molar-refractivity contribution in [1.82, 2.24) is 9.97 Å². The average Bonchev–Trinajstić information content (AvgIpc) is 2.97. The fourth-order valence-electron chi connectivity index (χ4n) is 4.11. The SMILES string of the molecule is CC#CC#CC#Cc1ccc(-c2ccc(-c3ncc(OCCCCCCCCCCCC)cn3)cc2)cc1. The van der Waals surface area contributed by atoms with Crippen LogP contribution < -0.4 is 4.74 Å². The second-order valence-corrected chi connectivity index (χ2v) is 9.30. The maximum atomic E-state index is 5.85. The van der Waals surface area contributed by atoms with Crippen molar-refractivity contribution in [2.45, 2.75) is 78.1 Å². The van der Waals surface area contributed by atoms with Gasteiger partial charge in [0.05, 0.1) is 19.0 Å². The molecule has 0 aliphatic heterocycles. The van der Waals surface area contributed by atoms with E-state index in [0.717, 1.165) is 41.0 Å². The Labute approximate surface area is 229 Å². The Hall–Kier alpha value is -4.00. The van der Waals surface area contributed by atoms with Crippen LogP contribution in [0.5, 0.6) is 5.75 Å². The van der Waals surface area contributed by atoms with Gasteiger partial charge < -0.3 is 4.74 Å². The number of unbranched alkanes of at least 4 members (excludes halogenated alkanes) is 9. The summed E-state index contributed by atoms with van der Waals surface area (Å²) in [6, 6.07) is 16.4. The smallest absolute Gasteiger partial charge is 0.159 e. The summed E-state index contributed by atoms with van der Waals surface area (Å²) in [5, 5.41) is 0. The molecule has 0 fully saturated rings. The van der Waals surface area contributed by atoms with Gasteiger partial charge in [0, 0.05) is 11.1 Å². The van der Waals surface area contributed by atoms with Crippen LogP contribution in [0, 0.1) is 35.5 Å². The molecule has 0 radical (unpaired) electrons. The highest BCUT2D eigenvalue weighted by atomic mass is 16.5. The van der Waals surface area contributed by atoms with Crippen molar-refractivity contribution >= 4 is 0 Å².